The van der Waals surface area contributed by atoms with E-state index in [4.69, 9.17) is 9.47 Å². The average molecular weight is 444 g/mol. The van der Waals surface area contributed by atoms with Crippen LogP contribution in [-0.2, 0) is 13.0 Å². The third kappa shape index (κ3) is 4.92. The molecule has 0 fully saturated rings. The highest BCUT2D eigenvalue weighted by molar-refractivity contribution is 9.10. The quantitative estimate of drug-likeness (QED) is 0.576. The summed E-state index contributed by atoms with van der Waals surface area (Å²) in [5, 5.41) is 7.21. The van der Waals surface area contributed by atoms with E-state index < -0.39 is 0 Å². The lowest BCUT2D eigenvalue weighted by Gasteiger charge is -2.12. The minimum Gasteiger partial charge on any atom is -0.493 e. The topological polar surface area (TPSA) is 65.4 Å². The smallest absolute Gasteiger partial charge is 0.254 e. The molecule has 1 heterocycles. The molecule has 0 bridgehead atoms. The number of halogens is 1. The predicted molar refractivity (Wildman–Crippen MR) is 111 cm³/mol. The van der Waals surface area contributed by atoms with Crippen molar-refractivity contribution in [2.24, 2.45) is 0 Å². The van der Waals surface area contributed by atoms with Crippen molar-refractivity contribution < 1.29 is 14.3 Å². The Morgan fingerprint density at radius 3 is 2.57 bits per heavy atom. The molecule has 0 saturated carbocycles. The van der Waals surface area contributed by atoms with Gasteiger partial charge in [0.15, 0.2) is 11.5 Å². The maximum Gasteiger partial charge on any atom is 0.254 e. The van der Waals surface area contributed by atoms with Crippen LogP contribution in [-0.4, -0.2) is 36.5 Å². The van der Waals surface area contributed by atoms with Gasteiger partial charge in [0.2, 0.25) is 0 Å². The number of ether oxygens (including phenoxy) is 2. The largest absolute Gasteiger partial charge is 0.493 e. The molecule has 0 aliphatic carbocycles. The first kappa shape index (κ1) is 19.9. The number of rotatable bonds is 8. The van der Waals surface area contributed by atoms with E-state index in [0.717, 1.165) is 15.6 Å². The SMILES string of the molecule is COc1cc(Br)c(CCNC(=O)c2cnn(Cc3ccccc3)c2)cc1OC. The van der Waals surface area contributed by atoms with Crippen LogP contribution in [0.1, 0.15) is 21.5 Å². The molecule has 3 aromatic rings. The molecule has 0 aliphatic rings. The number of nitrogens with zero attached hydrogens (tertiary/aromatic N) is 2. The van der Waals surface area contributed by atoms with Crippen molar-refractivity contribution in [3.8, 4) is 11.5 Å². The van der Waals surface area contributed by atoms with Gasteiger partial charge in [-0.2, -0.15) is 5.10 Å². The van der Waals surface area contributed by atoms with Crippen LogP contribution in [0, 0.1) is 0 Å². The lowest BCUT2D eigenvalue weighted by Crippen LogP contribution is -2.25. The summed E-state index contributed by atoms with van der Waals surface area (Å²) >= 11 is 3.54. The van der Waals surface area contributed by atoms with Crippen molar-refractivity contribution >= 4 is 21.8 Å². The molecule has 6 nitrogen and oxygen atoms in total. The molecule has 2 aromatic carbocycles. The van der Waals surface area contributed by atoms with Crippen molar-refractivity contribution in [2.45, 2.75) is 13.0 Å². The zero-order valence-corrected chi connectivity index (χ0v) is 17.4. The van der Waals surface area contributed by atoms with Gasteiger partial charge in [-0.25, -0.2) is 0 Å². The molecule has 1 N–H and O–H groups in total. The summed E-state index contributed by atoms with van der Waals surface area (Å²) in [6.45, 7) is 1.13. The van der Waals surface area contributed by atoms with Gasteiger partial charge in [-0.1, -0.05) is 46.3 Å². The lowest BCUT2D eigenvalue weighted by atomic mass is 10.1. The first-order chi connectivity index (χ1) is 13.6. The number of nitrogens with one attached hydrogen (secondary N) is 1. The van der Waals surface area contributed by atoms with Gasteiger partial charge < -0.3 is 14.8 Å². The van der Waals surface area contributed by atoms with Crippen molar-refractivity contribution in [3.63, 3.8) is 0 Å². The summed E-state index contributed by atoms with van der Waals surface area (Å²) in [4.78, 5) is 12.4. The minimum absolute atomic E-state index is 0.143. The van der Waals surface area contributed by atoms with Crippen molar-refractivity contribution in [1.82, 2.24) is 15.1 Å². The summed E-state index contributed by atoms with van der Waals surface area (Å²) in [6, 6.07) is 13.8. The van der Waals surface area contributed by atoms with E-state index >= 15 is 0 Å². The molecule has 28 heavy (non-hydrogen) atoms. The van der Waals surface area contributed by atoms with Crippen LogP contribution in [0.2, 0.25) is 0 Å². The summed E-state index contributed by atoms with van der Waals surface area (Å²) in [6.07, 6.45) is 4.00. The van der Waals surface area contributed by atoms with E-state index in [-0.39, 0.29) is 5.91 Å². The Hall–Kier alpha value is -2.80. The predicted octanol–water partition coefficient (Wildman–Crippen LogP) is 3.68. The van der Waals surface area contributed by atoms with Crippen LogP contribution >= 0.6 is 15.9 Å². The molecule has 7 heteroatoms. The van der Waals surface area contributed by atoms with Gasteiger partial charge in [0, 0.05) is 17.2 Å². The number of aromatic nitrogens is 2. The standard InChI is InChI=1S/C21H22BrN3O3/c1-27-19-10-16(18(22)11-20(19)28-2)8-9-23-21(26)17-12-24-25(14-17)13-15-6-4-3-5-7-15/h3-7,10-12,14H,8-9,13H2,1-2H3,(H,23,26). The molecular weight excluding hydrogens is 422 g/mol. The van der Waals surface area contributed by atoms with Crippen LogP contribution in [0.5, 0.6) is 11.5 Å². The Balaban J connectivity index is 1.56. The van der Waals surface area contributed by atoms with Gasteiger partial charge in [-0.05, 0) is 29.7 Å². The van der Waals surface area contributed by atoms with E-state index in [1.807, 2.05) is 42.5 Å². The fraction of sp³-hybridized carbons (Fsp3) is 0.238. The van der Waals surface area contributed by atoms with Gasteiger partial charge in [-0.15, -0.1) is 0 Å². The van der Waals surface area contributed by atoms with E-state index in [1.54, 1.807) is 31.3 Å². The Kier molecular flexibility index (Phi) is 6.71. The van der Waals surface area contributed by atoms with Gasteiger partial charge in [-0.3, -0.25) is 9.48 Å². The summed E-state index contributed by atoms with van der Waals surface area (Å²) in [5.74, 6) is 1.18. The second-order valence-corrected chi connectivity index (χ2v) is 7.07. The highest BCUT2D eigenvalue weighted by Crippen LogP contribution is 2.33. The van der Waals surface area contributed by atoms with Gasteiger partial charge >= 0.3 is 0 Å². The molecule has 1 amide bonds. The second kappa shape index (κ2) is 9.41. The Labute approximate surface area is 172 Å². The van der Waals surface area contributed by atoms with Crippen molar-refractivity contribution in [2.75, 3.05) is 20.8 Å². The molecule has 0 unspecified atom stereocenters. The van der Waals surface area contributed by atoms with Crippen LogP contribution in [0.3, 0.4) is 0 Å². The highest BCUT2D eigenvalue weighted by atomic mass is 79.9. The molecular formula is C21H22BrN3O3. The monoisotopic (exact) mass is 443 g/mol. The highest BCUT2D eigenvalue weighted by Gasteiger charge is 2.12. The fourth-order valence-electron chi connectivity index (χ4n) is 2.84. The maximum absolute atomic E-state index is 12.4. The maximum atomic E-state index is 12.4. The first-order valence-corrected chi connectivity index (χ1v) is 9.65. The zero-order chi connectivity index (χ0) is 19.9. The van der Waals surface area contributed by atoms with E-state index in [0.29, 0.717) is 36.6 Å². The Morgan fingerprint density at radius 2 is 1.86 bits per heavy atom. The first-order valence-electron chi connectivity index (χ1n) is 8.85. The lowest BCUT2D eigenvalue weighted by molar-refractivity contribution is 0.0954. The molecule has 3 rings (SSSR count). The number of hydrogen-bond acceptors (Lipinski definition) is 4. The van der Waals surface area contributed by atoms with Crippen LogP contribution in [0.25, 0.3) is 0 Å². The summed E-state index contributed by atoms with van der Waals surface area (Å²) in [5.41, 5.74) is 2.70. The number of benzene rings is 2. The third-order valence-electron chi connectivity index (χ3n) is 4.32. The third-order valence-corrected chi connectivity index (χ3v) is 5.05. The number of methoxy groups -OCH3 is 2. The van der Waals surface area contributed by atoms with Crippen molar-refractivity contribution in [3.05, 3.63) is 76.0 Å². The average Bonchev–Trinajstić information content (AvgIpc) is 3.18. The number of amides is 1. The van der Waals surface area contributed by atoms with E-state index in [1.165, 1.54) is 0 Å². The normalized spacial score (nSPS) is 10.5. The van der Waals surface area contributed by atoms with Crippen LogP contribution in [0.4, 0.5) is 0 Å². The van der Waals surface area contributed by atoms with Crippen LogP contribution < -0.4 is 14.8 Å². The molecule has 1 aromatic heterocycles. The van der Waals surface area contributed by atoms with Crippen molar-refractivity contribution in [1.29, 1.82) is 0 Å². The molecule has 0 radical (unpaired) electrons. The summed E-state index contributed by atoms with van der Waals surface area (Å²) in [7, 11) is 3.20. The number of hydrogen-bond donors (Lipinski definition) is 1. The van der Waals surface area contributed by atoms with Gasteiger partial charge in [0.05, 0.1) is 32.5 Å². The van der Waals surface area contributed by atoms with Gasteiger partial charge in [0.25, 0.3) is 5.91 Å². The molecule has 0 aliphatic heterocycles. The molecule has 0 spiro atoms. The molecule has 0 saturated heterocycles. The zero-order valence-electron chi connectivity index (χ0n) is 15.8. The Morgan fingerprint density at radius 1 is 1.14 bits per heavy atom. The number of carbonyl (C=O) groups excluding carboxylic acids is 1. The molecule has 146 valence electrons. The Bertz CT molecular complexity index is 941. The minimum atomic E-state index is -0.143. The van der Waals surface area contributed by atoms with Crippen LogP contribution in [0.15, 0.2) is 59.3 Å². The molecule has 0 atom stereocenters. The number of carbonyl (C=O) groups is 1. The van der Waals surface area contributed by atoms with E-state index in [9.17, 15) is 4.79 Å². The fourth-order valence-corrected chi connectivity index (χ4v) is 3.36. The van der Waals surface area contributed by atoms with Gasteiger partial charge in [0.1, 0.15) is 0 Å². The summed E-state index contributed by atoms with van der Waals surface area (Å²) < 4.78 is 13.3. The van der Waals surface area contributed by atoms with E-state index in [2.05, 4.69) is 26.3 Å². The second-order valence-electron chi connectivity index (χ2n) is 6.22.